The fourth-order valence-electron chi connectivity index (χ4n) is 4.38. The average Bonchev–Trinajstić information content (AvgIpc) is 3.01. The molecule has 0 spiro atoms. The van der Waals surface area contributed by atoms with Gasteiger partial charge < -0.3 is 30.1 Å². The Labute approximate surface area is 251 Å². The normalized spacial score (nSPS) is 13.5. The highest BCUT2D eigenvalue weighted by molar-refractivity contribution is 6.41. The minimum Gasteiger partial charge on any atom is -0.495 e. The van der Waals surface area contributed by atoms with Crippen LogP contribution in [0, 0.1) is 0 Å². The number of benzene rings is 1. The van der Waals surface area contributed by atoms with E-state index in [9.17, 15) is 4.79 Å². The van der Waals surface area contributed by atoms with E-state index in [1.165, 1.54) is 31.8 Å². The summed E-state index contributed by atoms with van der Waals surface area (Å²) >= 11 is 13.1. The molecule has 1 fully saturated rings. The van der Waals surface area contributed by atoms with Crippen LogP contribution in [0.25, 0.3) is 11.3 Å². The molecule has 4 heterocycles. The van der Waals surface area contributed by atoms with Gasteiger partial charge in [-0.1, -0.05) is 29.3 Å². The molecule has 1 aliphatic rings. The number of aromatic nitrogens is 5. The number of carbonyl (C=O) groups is 1. The fourth-order valence-corrected chi connectivity index (χ4v) is 4.98. The molecule has 0 atom stereocenters. The number of rotatable bonds is 9. The van der Waals surface area contributed by atoms with E-state index in [4.69, 9.17) is 37.8 Å². The van der Waals surface area contributed by atoms with Crippen LogP contribution in [0.15, 0.2) is 49.3 Å². The van der Waals surface area contributed by atoms with Crippen molar-refractivity contribution in [3.05, 3.63) is 64.9 Å². The van der Waals surface area contributed by atoms with Crippen molar-refractivity contribution in [1.29, 1.82) is 0 Å². The summed E-state index contributed by atoms with van der Waals surface area (Å²) < 4.78 is 10.7. The highest BCUT2D eigenvalue weighted by Crippen LogP contribution is 2.45. The number of nitrogens with one attached hydrogen (secondary N) is 2. The fraction of sp³-hybridized carbons (Fsp3) is 0.259. The standard InChI is InChI=1S/C27H27Cl2N9O4/c1-41-19-10-20(42-2)24(29)25(23(19)28)36-26-17(12-30-14-34-26)18-9-22(33-15-32-18)35-21-4-3-16(11-31-21)13-37-5-7-38(8-6-37)27(39)40/h3-4,9-12,14-15H,5-8,13H2,1-2H3,(H,39,40)(H,30,34,36)(H,31,32,33,35). The Bertz CT molecular complexity index is 1540. The Morgan fingerprint density at radius 3 is 2.29 bits per heavy atom. The van der Waals surface area contributed by atoms with E-state index in [0.29, 0.717) is 78.6 Å². The number of amides is 1. The van der Waals surface area contributed by atoms with Crippen molar-refractivity contribution in [2.45, 2.75) is 6.54 Å². The van der Waals surface area contributed by atoms with E-state index in [0.717, 1.165) is 5.56 Å². The summed E-state index contributed by atoms with van der Waals surface area (Å²) in [5, 5.41) is 16.0. The maximum absolute atomic E-state index is 11.1. The van der Waals surface area contributed by atoms with E-state index in [1.807, 2.05) is 12.1 Å². The number of anilines is 4. The molecular weight excluding hydrogens is 585 g/mol. The lowest BCUT2D eigenvalue weighted by Crippen LogP contribution is -2.47. The first-order valence-electron chi connectivity index (χ1n) is 12.8. The number of methoxy groups -OCH3 is 2. The quantitative estimate of drug-likeness (QED) is 0.235. The van der Waals surface area contributed by atoms with Gasteiger partial charge in [0.05, 0.1) is 31.2 Å². The van der Waals surface area contributed by atoms with Crippen LogP contribution >= 0.6 is 23.2 Å². The van der Waals surface area contributed by atoms with Crippen molar-refractivity contribution in [2.24, 2.45) is 0 Å². The van der Waals surface area contributed by atoms with Gasteiger partial charge in [0.15, 0.2) is 0 Å². The van der Waals surface area contributed by atoms with Gasteiger partial charge in [-0.3, -0.25) is 4.90 Å². The molecule has 0 aliphatic carbocycles. The number of pyridine rings is 1. The maximum atomic E-state index is 11.1. The lowest BCUT2D eigenvalue weighted by molar-refractivity contribution is 0.103. The zero-order chi connectivity index (χ0) is 29.6. The number of hydrogen-bond acceptors (Lipinski definition) is 11. The number of nitrogens with zero attached hydrogens (tertiary/aromatic N) is 7. The Morgan fingerprint density at radius 1 is 0.905 bits per heavy atom. The first kappa shape index (κ1) is 29.0. The summed E-state index contributed by atoms with van der Waals surface area (Å²) in [4.78, 5) is 36.5. The van der Waals surface area contributed by atoms with Crippen molar-refractivity contribution in [1.82, 2.24) is 34.7 Å². The van der Waals surface area contributed by atoms with Crippen LogP contribution in [0.2, 0.25) is 10.0 Å². The first-order chi connectivity index (χ1) is 20.4. The van der Waals surface area contributed by atoms with Crippen LogP contribution in [0.3, 0.4) is 0 Å². The van der Waals surface area contributed by atoms with Gasteiger partial charge in [-0.15, -0.1) is 0 Å². The van der Waals surface area contributed by atoms with Crippen molar-refractivity contribution in [3.8, 4) is 22.8 Å². The maximum Gasteiger partial charge on any atom is 0.407 e. The van der Waals surface area contributed by atoms with Crippen molar-refractivity contribution in [3.63, 3.8) is 0 Å². The Kier molecular flexibility index (Phi) is 9.00. The Morgan fingerprint density at radius 2 is 1.64 bits per heavy atom. The minimum atomic E-state index is -0.877. The highest BCUT2D eigenvalue weighted by Gasteiger charge is 2.21. The molecule has 1 amide bonds. The van der Waals surface area contributed by atoms with E-state index < -0.39 is 6.09 Å². The molecule has 15 heteroatoms. The van der Waals surface area contributed by atoms with Crippen LogP contribution < -0.4 is 20.1 Å². The SMILES string of the molecule is COc1cc(OC)c(Cl)c(Nc2ncncc2-c2cc(Nc3ccc(CN4CCN(C(=O)O)CC4)cn3)ncn2)c1Cl. The van der Waals surface area contributed by atoms with Gasteiger partial charge in [0.2, 0.25) is 0 Å². The van der Waals surface area contributed by atoms with Gasteiger partial charge in [0.25, 0.3) is 0 Å². The van der Waals surface area contributed by atoms with Gasteiger partial charge in [-0.25, -0.2) is 29.7 Å². The molecule has 0 saturated carbocycles. The molecule has 0 unspecified atom stereocenters. The zero-order valence-corrected chi connectivity index (χ0v) is 24.2. The van der Waals surface area contributed by atoms with Gasteiger partial charge in [-0.05, 0) is 11.6 Å². The largest absolute Gasteiger partial charge is 0.495 e. The van der Waals surface area contributed by atoms with Crippen LogP contribution in [0.4, 0.5) is 27.9 Å². The molecule has 1 saturated heterocycles. The number of piperazine rings is 1. The van der Waals surface area contributed by atoms with Gasteiger partial charge in [-0.2, -0.15) is 0 Å². The third-order valence-electron chi connectivity index (χ3n) is 6.60. The topological polar surface area (TPSA) is 151 Å². The molecule has 13 nitrogen and oxygen atoms in total. The molecule has 0 radical (unpaired) electrons. The highest BCUT2D eigenvalue weighted by atomic mass is 35.5. The van der Waals surface area contributed by atoms with Crippen LogP contribution in [0.5, 0.6) is 11.5 Å². The zero-order valence-electron chi connectivity index (χ0n) is 22.7. The molecule has 4 aromatic rings. The van der Waals surface area contributed by atoms with Crippen molar-refractivity contribution in [2.75, 3.05) is 51.0 Å². The predicted molar refractivity (Wildman–Crippen MR) is 158 cm³/mol. The Hall–Kier alpha value is -4.46. The third-order valence-corrected chi connectivity index (χ3v) is 7.35. The average molecular weight is 612 g/mol. The third kappa shape index (κ3) is 6.54. The van der Waals surface area contributed by atoms with Crippen molar-refractivity contribution >= 4 is 52.4 Å². The second-order valence-electron chi connectivity index (χ2n) is 9.21. The molecule has 3 aromatic heterocycles. The first-order valence-corrected chi connectivity index (χ1v) is 13.5. The van der Waals surface area contributed by atoms with Crippen LogP contribution in [0.1, 0.15) is 5.56 Å². The lowest BCUT2D eigenvalue weighted by Gasteiger charge is -2.32. The van der Waals surface area contributed by atoms with Crippen molar-refractivity contribution < 1.29 is 19.4 Å². The number of hydrogen-bond donors (Lipinski definition) is 3. The summed E-state index contributed by atoms with van der Waals surface area (Å²) in [5.41, 5.74) is 2.49. The van der Waals surface area contributed by atoms with Gasteiger partial charge in [0.1, 0.15) is 51.7 Å². The number of carboxylic acid groups (broad SMARTS) is 1. The molecule has 3 N–H and O–H groups in total. The number of ether oxygens (including phenoxy) is 2. The summed E-state index contributed by atoms with van der Waals surface area (Å²) in [6.45, 7) is 3.04. The number of halogens is 2. The molecule has 5 rings (SSSR count). The minimum absolute atomic E-state index is 0.259. The second kappa shape index (κ2) is 13.0. The molecular formula is C27H27Cl2N9O4. The van der Waals surface area contributed by atoms with Crippen LogP contribution in [-0.4, -0.2) is 86.3 Å². The summed E-state index contributed by atoms with van der Waals surface area (Å²) in [6, 6.07) is 7.19. The lowest BCUT2D eigenvalue weighted by atomic mass is 10.2. The van der Waals surface area contributed by atoms with E-state index >= 15 is 0 Å². The Balaban J connectivity index is 1.31. The predicted octanol–water partition coefficient (Wildman–Crippen LogP) is 4.94. The second-order valence-corrected chi connectivity index (χ2v) is 9.96. The molecule has 1 aliphatic heterocycles. The summed E-state index contributed by atoms with van der Waals surface area (Å²) in [6.07, 6.45) is 5.34. The van der Waals surface area contributed by atoms with E-state index in [1.54, 1.807) is 24.5 Å². The summed E-state index contributed by atoms with van der Waals surface area (Å²) in [5.74, 6) is 2.27. The van der Waals surface area contributed by atoms with E-state index in [2.05, 4.69) is 40.5 Å². The van der Waals surface area contributed by atoms with Gasteiger partial charge >= 0.3 is 6.09 Å². The van der Waals surface area contributed by atoms with E-state index in [-0.39, 0.29) is 10.0 Å². The smallest absolute Gasteiger partial charge is 0.407 e. The van der Waals surface area contributed by atoms with Gasteiger partial charge in [0, 0.05) is 57.3 Å². The molecule has 0 bridgehead atoms. The monoisotopic (exact) mass is 611 g/mol. The molecule has 42 heavy (non-hydrogen) atoms. The molecule has 1 aromatic carbocycles. The summed E-state index contributed by atoms with van der Waals surface area (Å²) in [7, 11) is 2.99. The van der Waals surface area contributed by atoms with Crippen LogP contribution in [-0.2, 0) is 6.54 Å². The molecule has 218 valence electrons.